The third-order valence-electron chi connectivity index (χ3n) is 4.26. The summed E-state index contributed by atoms with van der Waals surface area (Å²) in [7, 11) is 0. The lowest BCUT2D eigenvalue weighted by Gasteiger charge is -2.17. The maximum absolute atomic E-state index is 12.6. The summed E-state index contributed by atoms with van der Waals surface area (Å²) in [6, 6.07) is 7.95. The highest BCUT2D eigenvalue weighted by Crippen LogP contribution is 2.23. The van der Waals surface area contributed by atoms with Crippen molar-refractivity contribution in [2.24, 2.45) is 0 Å². The zero-order valence-corrected chi connectivity index (χ0v) is 12.1. The number of rotatable bonds is 2. The Balaban J connectivity index is 1.86. The van der Waals surface area contributed by atoms with Crippen LogP contribution < -0.4 is 11.1 Å². The zero-order valence-electron chi connectivity index (χ0n) is 12.1. The summed E-state index contributed by atoms with van der Waals surface area (Å²) in [4.78, 5) is 16.7. The van der Waals surface area contributed by atoms with E-state index in [0.717, 1.165) is 23.6 Å². The molecule has 1 aromatic heterocycles. The first-order valence-electron chi connectivity index (χ1n) is 7.70. The molecule has 1 fully saturated rings. The van der Waals surface area contributed by atoms with Crippen LogP contribution in [-0.4, -0.2) is 16.9 Å². The van der Waals surface area contributed by atoms with Crippen LogP contribution >= 0.6 is 0 Å². The Hall–Kier alpha value is -2.10. The van der Waals surface area contributed by atoms with Crippen molar-refractivity contribution in [1.82, 2.24) is 10.3 Å². The molecule has 2 aromatic rings. The summed E-state index contributed by atoms with van der Waals surface area (Å²) in [6.07, 6.45) is 8.69. The van der Waals surface area contributed by atoms with Gasteiger partial charge in [-0.25, -0.2) is 4.98 Å². The van der Waals surface area contributed by atoms with Gasteiger partial charge in [0, 0.05) is 17.6 Å². The Morgan fingerprint density at radius 3 is 2.48 bits per heavy atom. The monoisotopic (exact) mass is 283 g/mol. The van der Waals surface area contributed by atoms with E-state index < -0.39 is 0 Å². The van der Waals surface area contributed by atoms with E-state index in [0.29, 0.717) is 11.4 Å². The van der Waals surface area contributed by atoms with Gasteiger partial charge in [-0.05, 0) is 18.2 Å². The lowest BCUT2D eigenvalue weighted by Crippen LogP contribution is -2.34. The molecular weight excluding hydrogens is 262 g/mol. The fourth-order valence-electron chi connectivity index (χ4n) is 3.08. The third kappa shape index (κ3) is 2.99. The van der Waals surface area contributed by atoms with E-state index in [1.807, 2.05) is 24.3 Å². The fraction of sp³-hybridized carbons (Fsp3) is 0.412. The lowest BCUT2D eigenvalue weighted by atomic mass is 10.0. The first-order valence-corrected chi connectivity index (χ1v) is 7.70. The maximum atomic E-state index is 12.6. The molecule has 3 rings (SSSR count). The molecule has 4 heteroatoms. The Bertz CT molecular complexity index is 646. The van der Waals surface area contributed by atoms with Crippen molar-refractivity contribution >= 4 is 22.5 Å². The molecule has 21 heavy (non-hydrogen) atoms. The topological polar surface area (TPSA) is 68.0 Å². The average Bonchev–Trinajstić information content (AvgIpc) is 2.76. The van der Waals surface area contributed by atoms with Crippen LogP contribution in [0.1, 0.15) is 48.9 Å². The molecule has 110 valence electrons. The molecular formula is C17H21N3O. The number of nitrogen functional groups attached to an aromatic ring is 1. The third-order valence-corrected chi connectivity index (χ3v) is 4.26. The Morgan fingerprint density at radius 2 is 1.76 bits per heavy atom. The molecule has 1 aliphatic rings. The van der Waals surface area contributed by atoms with Crippen LogP contribution in [0, 0.1) is 0 Å². The Morgan fingerprint density at radius 1 is 1.10 bits per heavy atom. The van der Waals surface area contributed by atoms with E-state index in [2.05, 4.69) is 10.3 Å². The first-order chi connectivity index (χ1) is 10.3. The summed E-state index contributed by atoms with van der Waals surface area (Å²) in [5, 5.41) is 4.88. The van der Waals surface area contributed by atoms with Crippen molar-refractivity contribution in [3.63, 3.8) is 0 Å². The fourth-order valence-corrected chi connectivity index (χ4v) is 3.08. The number of amides is 1. The number of fused-ring (bicyclic) bond motifs is 1. The number of hydrogen-bond acceptors (Lipinski definition) is 3. The summed E-state index contributed by atoms with van der Waals surface area (Å²) < 4.78 is 0. The number of nitrogens with zero attached hydrogens (tertiary/aromatic N) is 1. The smallest absolute Gasteiger partial charge is 0.253 e. The highest BCUT2D eigenvalue weighted by molar-refractivity contribution is 6.09. The van der Waals surface area contributed by atoms with Gasteiger partial charge in [0.2, 0.25) is 0 Å². The van der Waals surface area contributed by atoms with Gasteiger partial charge in [0.1, 0.15) is 5.82 Å². The molecule has 1 heterocycles. The van der Waals surface area contributed by atoms with Crippen LogP contribution in [-0.2, 0) is 0 Å². The van der Waals surface area contributed by atoms with Crippen molar-refractivity contribution in [1.29, 1.82) is 0 Å². The largest absolute Gasteiger partial charge is 0.383 e. The number of benzene rings is 1. The standard InChI is InChI=1S/C17H21N3O/c18-16-14-10-6-5-9-13(14)15(11-19-16)17(21)20-12-7-3-1-2-4-8-12/h5-6,9-12H,1-4,7-8H2,(H2,18,19)(H,20,21). The average molecular weight is 283 g/mol. The van der Waals surface area contributed by atoms with Gasteiger partial charge in [-0.3, -0.25) is 4.79 Å². The summed E-state index contributed by atoms with van der Waals surface area (Å²) in [6.45, 7) is 0. The predicted molar refractivity (Wildman–Crippen MR) is 85.1 cm³/mol. The molecule has 0 aliphatic heterocycles. The van der Waals surface area contributed by atoms with Crippen LogP contribution in [0.5, 0.6) is 0 Å². The van der Waals surface area contributed by atoms with E-state index >= 15 is 0 Å². The number of anilines is 1. The second-order valence-corrected chi connectivity index (χ2v) is 5.76. The van der Waals surface area contributed by atoms with E-state index in [4.69, 9.17) is 5.73 Å². The van der Waals surface area contributed by atoms with Gasteiger partial charge in [-0.1, -0.05) is 49.9 Å². The minimum absolute atomic E-state index is 0.0365. The minimum atomic E-state index is -0.0365. The molecule has 0 unspecified atom stereocenters. The van der Waals surface area contributed by atoms with Gasteiger partial charge in [0.05, 0.1) is 5.56 Å². The van der Waals surface area contributed by atoms with Crippen LogP contribution in [0.4, 0.5) is 5.82 Å². The predicted octanol–water partition coefficient (Wildman–Crippen LogP) is 3.27. The van der Waals surface area contributed by atoms with E-state index in [-0.39, 0.29) is 11.9 Å². The van der Waals surface area contributed by atoms with Crippen molar-refractivity contribution in [2.75, 3.05) is 5.73 Å². The van der Waals surface area contributed by atoms with Crippen molar-refractivity contribution < 1.29 is 4.79 Å². The summed E-state index contributed by atoms with van der Waals surface area (Å²) >= 11 is 0. The molecule has 0 saturated heterocycles. The number of aromatic nitrogens is 1. The number of nitrogens with one attached hydrogen (secondary N) is 1. The summed E-state index contributed by atoms with van der Waals surface area (Å²) in [5.41, 5.74) is 6.50. The Kier molecular flexibility index (Phi) is 4.04. The molecule has 1 saturated carbocycles. The van der Waals surface area contributed by atoms with E-state index in [9.17, 15) is 4.79 Å². The van der Waals surface area contributed by atoms with Crippen LogP contribution in [0.2, 0.25) is 0 Å². The van der Waals surface area contributed by atoms with Crippen molar-refractivity contribution in [3.8, 4) is 0 Å². The number of hydrogen-bond donors (Lipinski definition) is 2. The van der Waals surface area contributed by atoms with Crippen molar-refractivity contribution in [3.05, 3.63) is 36.0 Å². The van der Waals surface area contributed by atoms with Crippen molar-refractivity contribution in [2.45, 2.75) is 44.6 Å². The second kappa shape index (κ2) is 6.12. The number of carbonyl (C=O) groups is 1. The molecule has 4 nitrogen and oxygen atoms in total. The molecule has 0 atom stereocenters. The number of pyridine rings is 1. The van der Waals surface area contributed by atoms with E-state index in [1.54, 1.807) is 6.20 Å². The van der Waals surface area contributed by atoms with Crippen LogP contribution in [0.25, 0.3) is 10.8 Å². The van der Waals surface area contributed by atoms with Gasteiger partial charge in [0.25, 0.3) is 5.91 Å². The molecule has 1 aromatic carbocycles. The molecule has 0 radical (unpaired) electrons. The van der Waals surface area contributed by atoms with Gasteiger partial charge in [-0.2, -0.15) is 0 Å². The normalized spacial score (nSPS) is 16.6. The number of carbonyl (C=O) groups excluding carboxylic acids is 1. The van der Waals surface area contributed by atoms with Gasteiger partial charge in [-0.15, -0.1) is 0 Å². The highest BCUT2D eigenvalue weighted by Gasteiger charge is 2.18. The molecule has 1 aliphatic carbocycles. The zero-order chi connectivity index (χ0) is 14.7. The first kappa shape index (κ1) is 13.9. The SMILES string of the molecule is Nc1ncc(C(=O)NC2CCCCCC2)c2ccccc12. The van der Waals surface area contributed by atoms with Crippen LogP contribution in [0.15, 0.2) is 30.5 Å². The molecule has 1 amide bonds. The van der Waals surface area contributed by atoms with Gasteiger partial charge in [0.15, 0.2) is 0 Å². The second-order valence-electron chi connectivity index (χ2n) is 5.76. The minimum Gasteiger partial charge on any atom is -0.383 e. The maximum Gasteiger partial charge on any atom is 0.253 e. The van der Waals surface area contributed by atoms with Gasteiger partial charge < -0.3 is 11.1 Å². The Labute approximate surface area is 124 Å². The quantitative estimate of drug-likeness (QED) is 0.831. The highest BCUT2D eigenvalue weighted by atomic mass is 16.1. The van der Waals surface area contributed by atoms with E-state index in [1.165, 1.54) is 25.7 Å². The summed E-state index contributed by atoms with van der Waals surface area (Å²) in [5.74, 6) is 0.433. The number of nitrogens with two attached hydrogens (primary N) is 1. The van der Waals surface area contributed by atoms with Gasteiger partial charge >= 0.3 is 0 Å². The molecule has 3 N–H and O–H groups in total. The lowest BCUT2D eigenvalue weighted by molar-refractivity contribution is 0.0935. The molecule has 0 spiro atoms. The molecule has 0 bridgehead atoms. The van der Waals surface area contributed by atoms with Crippen LogP contribution in [0.3, 0.4) is 0 Å².